The van der Waals surface area contributed by atoms with Crippen molar-refractivity contribution >= 4 is 5.97 Å². The fourth-order valence-electron chi connectivity index (χ4n) is 2.20. The summed E-state index contributed by atoms with van der Waals surface area (Å²) in [6, 6.07) is 12.4. The molecule has 0 aliphatic heterocycles. The normalized spacial score (nSPS) is 11.8. The van der Waals surface area contributed by atoms with Crippen LogP contribution in [0.5, 0.6) is 5.75 Å². The van der Waals surface area contributed by atoms with Crippen molar-refractivity contribution in [3.63, 3.8) is 0 Å². The van der Waals surface area contributed by atoms with Crippen LogP contribution < -0.4 is 4.74 Å². The number of methoxy groups -OCH3 is 1. The van der Waals surface area contributed by atoms with E-state index < -0.39 is 12.1 Å². The Hall–Kier alpha value is -3.22. The van der Waals surface area contributed by atoms with Gasteiger partial charge in [-0.1, -0.05) is 12.1 Å². The molecule has 0 radical (unpaired) electrons. The predicted molar refractivity (Wildman–Crippen MR) is 86.5 cm³/mol. The third-order valence-electron chi connectivity index (χ3n) is 3.49. The number of carbonyl (C=O) groups is 1. The zero-order chi connectivity index (χ0) is 17.8. The van der Waals surface area contributed by atoms with Crippen LogP contribution in [0.15, 0.2) is 52.9 Å². The number of ether oxygens (including phenoxy) is 2. The van der Waals surface area contributed by atoms with Crippen molar-refractivity contribution in [2.75, 3.05) is 7.11 Å². The molecule has 0 saturated heterocycles. The van der Waals surface area contributed by atoms with Gasteiger partial charge in [-0.3, -0.25) is 0 Å². The zero-order valence-electron chi connectivity index (χ0n) is 13.6. The average Bonchev–Trinajstić information content (AvgIpc) is 3.12. The monoisotopic (exact) mass is 342 g/mol. The van der Waals surface area contributed by atoms with E-state index in [9.17, 15) is 9.18 Å². The Morgan fingerprint density at radius 2 is 1.84 bits per heavy atom. The van der Waals surface area contributed by atoms with Gasteiger partial charge >= 0.3 is 5.97 Å². The lowest BCUT2D eigenvalue weighted by Gasteiger charge is -2.11. The van der Waals surface area contributed by atoms with Crippen LogP contribution in [0, 0.1) is 5.82 Å². The third-order valence-corrected chi connectivity index (χ3v) is 3.49. The molecule has 25 heavy (non-hydrogen) atoms. The highest BCUT2D eigenvalue weighted by molar-refractivity contribution is 5.92. The first-order valence-electron chi connectivity index (χ1n) is 7.52. The van der Waals surface area contributed by atoms with E-state index in [-0.39, 0.29) is 17.6 Å². The van der Waals surface area contributed by atoms with E-state index in [1.807, 2.05) is 0 Å². The van der Waals surface area contributed by atoms with Crippen LogP contribution in [-0.2, 0) is 4.74 Å². The molecule has 1 atom stereocenters. The molecular weight excluding hydrogens is 327 g/mol. The van der Waals surface area contributed by atoms with Crippen molar-refractivity contribution in [3.8, 4) is 17.2 Å². The third kappa shape index (κ3) is 3.65. The summed E-state index contributed by atoms with van der Waals surface area (Å²) in [6.45, 7) is 1.62. The summed E-state index contributed by atoms with van der Waals surface area (Å²) in [5.41, 5.74) is 0.874. The van der Waals surface area contributed by atoms with Crippen molar-refractivity contribution in [1.29, 1.82) is 0 Å². The minimum Gasteiger partial charge on any atom is -0.496 e. The lowest BCUT2D eigenvalue weighted by molar-refractivity contribution is 0.0276. The fraction of sp³-hybridized carbons (Fsp3) is 0.167. The molecule has 0 bridgehead atoms. The number of carbonyl (C=O) groups excluding carboxylic acids is 1. The van der Waals surface area contributed by atoms with Gasteiger partial charge in [-0.2, -0.15) is 0 Å². The molecule has 6 nitrogen and oxygen atoms in total. The number of benzene rings is 2. The summed E-state index contributed by atoms with van der Waals surface area (Å²) in [4.78, 5) is 12.3. The quantitative estimate of drug-likeness (QED) is 0.657. The van der Waals surface area contributed by atoms with E-state index in [1.165, 1.54) is 31.4 Å². The Labute approximate surface area is 143 Å². The fourth-order valence-corrected chi connectivity index (χ4v) is 2.20. The highest BCUT2D eigenvalue weighted by Crippen LogP contribution is 2.25. The summed E-state index contributed by atoms with van der Waals surface area (Å²) in [5.74, 6) is -0.149. The smallest absolute Gasteiger partial charge is 0.342 e. The first-order chi connectivity index (χ1) is 12.1. The standard InChI is InChI=1S/C18H15FN2O4/c1-11(24-18(22)14-5-3-4-6-15(14)23-2)16-20-21-17(25-16)12-7-9-13(19)10-8-12/h3-11H,1-2H3/t11-/m0/s1. The molecule has 0 aliphatic rings. The second-order valence-corrected chi connectivity index (χ2v) is 5.20. The Morgan fingerprint density at radius 3 is 2.56 bits per heavy atom. The predicted octanol–water partition coefficient (Wildman–Crippen LogP) is 3.80. The molecule has 0 saturated carbocycles. The summed E-state index contributed by atoms with van der Waals surface area (Å²) in [6.07, 6.45) is -0.751. The maximum Gasteiger partial charge on any atom is 0.342 e. The molecule has 0 fully saturated rings. The highest BCUT2D eigenvalue weighted by atomic mass is 19.1. The lowest BCUT2D eigenvalue weighted by Crippen LogP contribution is -2.10. The Balaban J connectivity index is 1.74. The van der Waals surface area contributed by atoms with Gasteiger partial charge in [0, 0.05) is 5.56 Å². The molecule has 7 heteroatoms. The van der Waals surface area contributed by atoms with Crippen LogP contribution in [0.1, 0.15) is 29.3 Å². The van der Waals surface area contributed by atoms with Gasteiger partial charge in [0.2, 0.25) is 5.89 Å². The van der Waals surface area contributed by atoms with E-state index in [0.29, 0.717) is 16.9 Å². The van der Waals surface area contributed by atoms with E-state index >= 15 is 0 Å². The largest absolute Gasteiger partial charge is 0.496 e. The van der Waals surface area contributed by atoms with Gasteiger partial charge in [-0.15, -0.1) is 10.2 Å². The molecule has 0 N–H and O–H groups in total. The van der Waals surface area contributed by atoms with Crippen LogP contribution in [-0.4, -0.2) is 23.3 Å². The number of halogens is 1. The molecule has 2 aromatic carbocycles. The maximum absolute atomic E-state index is 13.0. The SMILES string of the molecule is COc1ccccc1C(=O)O[C@@H](C)c1nnc(-c2ccc(F)cc2)o1. The molecule has 0 aliphatic carbocycles. The topological polar surface area (TPSA) is 74.5 Å². The van der Waals surface area contributed by atoms with Gasteiger partial charge in [0.05, 0.1) is 7.11 Å². The Bertz CT molecular complexity index is 877. The van der Waals surface area contributed by atoms with Gasteiger partial charge in [-0.05, 0) is 43.3 Å². The van der Waals surface area contributed by atoms with E-state index in [4.69, 9.17) is 13.9 Å². The summed E-state index contributed by atoms with van der Waals surface area (Å²) < 4.78 is 29.0. The number of aromatic nitrogens is 2. The summed E-state index contributed by atoms with van der Waals surface area (Å²) in [7, 11) is 1.47. The minimum absolute atomic E-state index is 0.141. The number of hydrogen-bond acceptors (Lipinski definition) is 6. The molecule has 0 unspecified atom stereocenters. The van der Waals surface area contributed by atoms with Crippen molar-refractivity contribution < 1.29 is 23.1 Å². The van der Waals surface area contributed by atoms with E-state index in [0.717, 1.165) is 0 Å². The molecule has 0 amide bonds. The van der Waals surface area contributed by atoms with Gasteiger partial charge in [0.1, 0.15) is 17.1 Å². The molecule has 0 spiro atoms. The summed E-state index contributed by atoms with van der Waals surface area (Å²) >= 11 is 0. The molecule has 1 aromatic heterocycles. The highest BCUT2D eigenvalue weighted by Gasteiger charge is 2.21. The first-order valence-corrected chi connectivity index (χ1v) is 7.52. The zero-order valence-corrected chi connectivity index (χ0v) is 13.6. The number of para-hydroxylation sites is 1. The first kappa shape index (κ1) is 16.6. The van der Waals surface area contributed by atoms with Gasteiger partial charge < -0.3 is 13.9 Å². The van der Waals surface area contributed by atoms with Gasteiger partial charge in [-0.25, -0.2) is 9.18 Å². The molecular formula is C18H15FN2O4. The molecule has 128 valence electrons. The number of nitrogens with zero attached hydrogens (tertiary/aromatic N) is 2. The van der Waals surface area contributed by atoms with Crippen LogP contribution in [0.4, 0.5) is 4.39 Å². The van der Waals surface area contributed by atoms with Crippen molar-refractivity contribution in [1.82, 2.24) is 10.2 Å². The molecule has 3 rings (SSSR count). The van der Waals surface area contributed by atoms with Crippen LogP contribution in [0.2, 0.25) is 0 Å². The van der Waals surface area contributed by atoms with E-state index in [2.05, 4.69) is 10.2 Å². The summed E-state index contributed by atoms with van der Waals surface area (Å²) in [5, 5.41) is 7.78. The van der Waals surface area contributed by atoms with Crippen LogP contribution in [0.25, 0.3) is 11.5 Å². The second kappa shape index (κ2) is 7.12. The second-order valence-electron chi connectivity index (χ2n) is 5.20. The van der Waals surface area contributed by atoms with Crippen LogP contribution in [0.3, 0.4) is 0 Å². The van der Waals surface area contributed by atoms with Gasteiger partial charge in [0.25, 0.3) is 5.89 Å². The van der Waals surface area contributed by atoms with Crippen molar-refractivity contribution in [2.45, 2.75) is 13.0 Å². The molecule has 3 aromatic rings. The Kier molecular flexibility index (Phi) is 4.74. The maximum atomic E-state index is 13.0. The minimum atomic E-state index is -0.751. The number of hydrogen-bond donors (Lipinski definition) is 0. The van der Waals surface area contributed by atoms with Crippen molar-refractivity contribution in [2.24, 2.45) is 0 Å². The van der Waals surface area contributed by atoms with Gasteiger partial charge in [0.15, 0.2) is 6.10 Å². The number of rotatable bonds is 5. The van der Waals surface area contributed by atoms with E-state index in [1.54, 1.807) is 31.2 Å². The lowest BCUT2D eigenvalue weighted by atomic mass is 10.2. The van der Waals surface area contributed by atoms with Crippen LogP contribution >= 0.6 is 0 Å². The molecule has 1 heterocycles. The Morgan fingerprint density at radius 1 is 1.12 bits per heavy atom. The number of esters is 1. The average molecular weight is 342 g/mol. The van der Waals surface area contributed by atoms with Crippen molar-refractivity contribution in [3.05, 3.63) is 65.8 Å².